The number of para-hydroxylation sites is 1. The molecule has 21 heavy (non-hydrogen) atoms. The van der Waals surface area contributed by atoms with Crippen LogP contribution in [-0.2, 0) is 6.54 Å². The molecule has 0 radical (unpaired) electrons. The third-order valence-corrected chi connectivity index (χ3v) is 4.90. The average molecular weight is 283 g/mol. The van der Waals surface area contributed by atoms with Gasteiger partial charge in [0.2, 0.25) is 0 Å². The highest BCUT2D eigenvalue weighted by Crippen LogP contribution is 2.40. The topological polar surface area (TPSA) is 29.9 Å². The van der Waals surface area contributed by atoms with Gasteiger partial charge in [-0.3, -0.25) is 0 Å². The molecule has 112 valence electrons. The van der Waals surface area contributed by atoms with Crippen LogP contribution in [0.15, 0.2) is 42.7 Å². The SMILES string of the molecule is CCC1(CNCc2cnn(-c3ccccc3)c2)CCCC1. The van der Waals surface area contributed by atoms with Crippen LogP contribution < -0.4 is 5.32 Å². The van der Waals surface area contributed by atoms with Crippen molar-refractivity contribution < 1.29 is 0 Å². The molecule has 0 amide bonds. The molecular formula is C18H25N3. The van der Waals surface area contributed by atoms with Gasteiger partial charge in [0, 0.05) is 24.8 Å². The number of hydrogen-bond donors (Lipinski definition) is 1. The molecule has 3 nitrogen and oxygen atoms in total. The van der Waals surface area contributed by atoms with Gasteiger partial charge in [0.05, 0.1) is 11.9 Å². The van der Waals surface area contributed by atoms with E-state index >= 15 is 0 Å². The second-order valence-corrected chi connectivity index (χ2v) is 6.29. The van der Waals surface area contributed by atoms with Gasteiger partial charge in [-0.1, -0.05) is 38.0 Å². The van der Waals surface area contributed by atoms with Crippen LogP contribution in [0.5, 0.6) is 0 Å². The van der Waals surface area contributed by atoms with Crippen LogP contribution in [0.1, 0.15) is 44.6 Å². The smallest absolute Gasteiger partial charge is 0.0645 e. The lowest BCUT2D eigenvalue weighted by Gasteiger charge is -2.27. The Kier molecular flexibility index (Phi) is 4.39. The molecular weight excluding hydrogens is 258 g/mol. The van der Waals surface area contributed by atoms with Crippen molar-refractivity contribution in [3.8, 4) is 5.69 Å². The highest BCUT2D eigenvalue weighted by Gasteiger charge is 2.31. The Hall–Kier alpha value is -1.61. The number of nitrogens with zero attached hydrogens (tertiary/aromatic N) is 2. The molecule has 0 aliphatic heterocycles. The van der Waals surface area contributed by atoms with Crippen LogP contribution in [0, 0.1) is 5.41 Å². The second kappa shape index (κ2) is 6.44. The van der Waals surface area contributed by atoms with Crippen molar-refractivity contribution in [1.29, 1.82) is 0 Å². The lowest BCUT2D eigenvalue weighted by molar-refractivity contribution is 0.268. The minimum atomic E-state index is 0.551. The van der Waals surface area contributed by atoms with E-state index in [0.29, 0.717) is 5.41 Å². The summed E-state index contributed by atoms with van der Waals surface area (Å²) in [4.78, 5) is 0. The van der Waals surface area contributed by atoms with Crippen molar-refractivity contribution in [2.75, 3.05) is 6.54 Å². The summed E-state index contributed by atoms with van der Waals surface area (Å²) in [7, 11) is 0. The predicted molar refractivity (Wildman–Crippen MR) is 86.5 cm³/mol. The molecule has 1 aromatic heterocycles. The highest BCUT2D eigenvalue weighted by molar-refractivity contribution is 5.30. The van der Waals surface area contributed by atoms with E-state index in [-0.39, 0.29) is 0 Å². The quantitative estimate of drug-likeness (QED) is 0.870. The van der Waals surface area contributed by atoms with Crippen LogP contribution in [-0.4, -0.2) is 16.3 Å². The van der Waals surface area contributed by atoms with Gasteiger partial charge >= 0.3 is 0 Å². The zero-order valence-corrected chi connectivity index (χ0v) is 12.9. The Labute approximate surface area is 127 Å². The zero-order chi connectivity index (χ0) is 14.5. The van der Waals surface area contributed by atoms with E-state index in [1.165, 1.54) is 37.7 Å². The number of hydrogen-bond acceptors (Lipinski definition) is 2. The minimum absolute atomic E-state index is 0.551. The van der Waals surface area contributed by atoms with Crippen molar-refractivity contribution in [2.45, 2.75) is 45.6 Å². The Balaban J connectivity index is 1.56. The first-order valence-electron chi connectivity index (χ1n) is 8.11. The van der Waals surface area contributed by atoms with E-state index in [0.717, 1.165) is 18.8 Å². The fourth-order valence-electron chi connectivity index (χ4n) is 3.43. The Morgan fingerprint density at radius 2 is 1.95 bits per heavy atom. The van der Waals surface area contributed by atoms with Crippen LogP contribution in [0.2, 0.25) is 0 Å². The molecule has 0 bridgehead atoms. The maximum Gasteiger partial charge on any atom is 0.0645 e. The first-order chi connectivity index (χ1) is 10.3. The molecule has 0 saturated heterocycles. The zero-order valence-electron chi connectivity index (χ0n) is 12.9. The second-order valence-electron chi connectivity index (χ2n) is 6.29. The normalized spacial score (nSPS) is 17.2. The number of rotatable bonds is 6. The molecule has 1 N–H and O–H groups in total. The van der Waals surface area contributed by atoms with Crippen molar-refractivity contribution in [2.24, 2.45) is 5.41 Å². The predicted octanol–water partition coefficient (Wildman–Crippen LogP) is 3.93. The molecule has 3 heteroatoms. The third kappa shape index (κ3) is 3.35. The molecule has 1 aliphatic rings. The monoisotopic (exact) mass is 283 g/mol. The summed E-state index contributed by atoms with van der Waals surface area (Å²) in [5.74, 6) is 0. The summed E-state index contributed by atoms with van der Waals surface area (Å²) in [5.41, 5.74) is 2.92. The molecule has 3 rings (SSSR count). The van der Waals surface area contributed by atoms with E-state index < -0.39 is 0 Å². The van der Waals surface area contributed by atoms with Crippen molar-refractivity contribution in [1.82, 2.24) is 15.1 Å². The summed E-state index contributed by atoms with van der Waals surface area (Å²) < 4.78 is 1.95. The summed E-state index contributed by atoms with van der Waals surface area (Å²) >= 11 is 0. The molecule has 1 fully saturated rings. The van der Waals surface area contributed by atoms with E-state index in [1.54, 1.807) is 0 Å². The maximum absolute atomic E-state index is 4.45. The van der Waals surface area contributed by atoms with E-state index in [1.807, 2.05) is 29.1 Å². The van der Waals surface area contributed by atoms with Gasteiger partial charge in [-0.05, 0) is 36.8 Å². The molecule has 1 aromatic carbocycles. The van der Waals surface area contributed by atoms with E-state index in [2.05, 4.69) is 35.7 Å². The Bertz CT molecular complexity index is 553. The van der Waals surface area contributed by atoms with Crippen molar-refractivity contribution >= 4 is 0 Å². The van der Waals surface area contributed by atoms with Gasteiger partial charge in [0.25, 0.3) is 0 Å². The number of aromatic nitrogens is 2. The van der Waals surface area contributed by atoms with Gasteiger partial charge in [-0.15, -0.1) is 0 Å². The van der Waals surface area contributed by atoms with Gasteiger partial charge in [-0.25, -0.2) is 4.68 Å². The fraction of sp³-hybridized carbons (Fsp3) is 0.500. The number of nitrogens with one attached hydrogen (secondary N) is 1. The fourth-order valence-corrected chi connectivity index (χ4v) is 3.43. The Morgan fingerprint density at radius 3 is 2.67 bits per heavy atom. The van der Waals surface area contributed by atoms with Crippen LogP contribution in [0.4, 0.5) is 0 Å². The summed E-state index contributed by atoms with van der Waals surface area (Å²) in [6, 6.07) is 10.3. The molecule has 1 aliphatic carbocycles. The van der Waals surface area contributed by atoms with Crippen LogP contribution in [0.3, 0.4) is 0 Å². The first-order valence-corrected chi connectivity index (χ1v) is 8.11. The maximum atomic E-state index is 4.45. The molecule has 1 heterocycles. The lowest BCUT2D eigenvalue weighted by atomic mass is 9.83. The summed E-state index contributed by atoms with van der Waals surface area (Å²) in [6.07, 6.45) is 11.0. The van der Waals surface area contributed by atoms with E-state index in [9.17, 15) is 0 Å². The van der Waals surface area contributed by atoms with Gasteiger partial charge in [-0.2, -0.15) is 5.10 Å². The first kappa shape index (κ1) is 14.3. The van der Waals surface area contributed by atoms with Crippen molar-refractivity contribution in [3.05, 3.63) is 48.3 Å². The third-order valence-electron chi connectivity index (χ3n) is 4.90. The largest absolute Gasteiger partial charge is 0.312 e. The van der Waals surface area contributed by atoms with Gasteiger partial charge < -0.3 is 5.32 Å². The lowest BCUT2D eigenvalue weighted by Crippen LogP contribution is -2.31. The van der Waals surface area contributed by atoms with Gasteiger partial charge in [0.1, 0.15) is 0 Å². The van der Waals surface area contributed by atoms with Gasteiger partial charge in [0.15, 0.2) is 0 Å². The average Bonchev–Trinajstić information content (AvgIpc) is 3.18. The number of benzene rings is 1. The molecule has 2 aromatic rings. The molecule has 0 atom stereocenters. The molecule has 1 saturated carbocycles. The summed E-state index contributed by atoms with van der Waals surface area (Å²) in [6.45, 7) is 4.38. The Morgan fingerprint density at radius 1 is 1.19 bits per heavy atom. The molecule has 0 spiro atoms. The summed E-state index contributed by atoms with van der Waals surface area (Å²) in [5, 5.41) is 8.10. The van der Waals surface area contributed by atoms with Crippen LogP contribution >= 0.6 is 0 Å². The standard InChI is InChI=1S/C18H25N3/c1-2-18(10-6-7-11-18)15-19-12-16-13-20-21(14-16)17-8-4-3-5-9-17/h3-5,8-9,13-14,19H,2,6-7,10-12,15H2,1H3. The minimum Gasteiger partial charge on any atom is -0.312 e. The van der Waals surface area contributed by atoms with Crippen LogP contribution in [0.25, 0.3) is 5.69 Å². The van der Waals surface area contributed by atoms with E-state index in [4.69, 9.17) is 0 Å². The highest BCUT2D eigenvalue weighted by atomic mass is 15.3. The van der Waals surface area contributed by atoms with Crippen molar-refractivity contribution in [3.63, 3.8) is 0 Å². The molecule has 0 unspecified atom stereocenters.